The van der Waals surface area contributed by atoms with Crippen molar-refractivity contribution in [1.82, 2.24) is 0 Å². The minimum absolute atomic E-state index is 0. The zero-order valence-corrected chi connectivity index (χ0v) is 13.8. The van der Waals surface area contributed by atoms with Crippen LogP contribution in [-0.2, 0) is 0 Å². The maximum Gasteiger partial charge on any atom is -1.00 e. The molecule has 0 radical (unpaired) electrons. The van der Waals surface area contributed by atoms with E-state index in [0.29, 0.717) is 0 Å². The Morgan fingerprint density at radius 2 is 1.53 bits per heavy atom. The minimum Gasteiger partial charge on any atom is -1.00 e. The Bertz CT molecular complexity index is 274. The zero-order valence-electron chi connectivity index (χ0n) is 10.8. The van der Waals surface area contributed by atoms with Gasteiger partial charge < -0.3 is 17.0 Å². The second-order valence-electron chi connectivity index (χ2n) is 4.26. The Morgan fingerprint density at radius 3 is 2.18 bits per heavy atom. The van der Waals surface area contributed by atoms with Crippen LogP contribution in [0.1, 0.15) is 45.4 Å². The van der Waals surface area contributed by atoms with Crippen LogP contribution in [0.25, 0.3) is 0 Å². The molecule has 17 heavy (non-hydrogen) atoms. The van der Waals surface area contributed by atoms with Crippen LogP contribution in [0.5, 0.6) is 5.75 Å². The van der Waals surface area contributed by atoms with E-state index in [0.717, 1.165) is 12.4 Å². The smallest absolute Gasteiger partial charge is 1.00 e. The van der Waals surface area contributed by atoms with Crippen LogP contribution in [0.2, 0.25) is 0 Å². The third kappa shape index (κ3) is 8.92. The van der Waals surface area contributed by atoms with Crippen molar-refractivity contribution in [2.24, 2.45) is 0 Å². The van der Waals surface area contributed by atoms with Gasteiger partial charge in [-0.1, -0.05) is 6.92 Å². The largest absolute Gasteiger partial charge is 1.00 e. The van der Waals surface area contributed by atoms with Crippen molar-refractivity contribution in [2.45, 2.75) is 45.4 Å². The topological polar surface area (TPSA) is 9.23 Å². The van der Waals surface area contributed by atoms with Crippen LogP contribution in [-0.4, -0.2) is 28.3 Å². The van der Waals surface area contributed by atoms with Crippen molar-refractivity contribution >= 4 is 25.4 Å². The van der Waals surface area contributed by atoms with Gasteiger partial charge in [-0.15, -0.1) is 0 Å². The molecule has 0 aromatic heterocycles. The predicted molar refractivity (Wildman–Crippen MR) is 70.7 cm³/mol. The second-order valence-corrected chi connectivity index (χ2v) is 5.08. The Hall–Kier alpha value is 0.266. The Kier molecular flexibility index (Phi) is 11.5. The molecule has 1 rings (SSSR count). The van der Waals surface area contributed by atoms with Crippen LogP contribution in [0.4, 0.5) is 0 Å². The first-order valence-corrected chi connectivity index (χ1v) is 7.08. The average Bonchev–Trinajstić information content (AvgIpc) is 2.30. The maximum atomic E-state index is 5.67. The fourth-order valence-electron chi connectivity index (χ4n) is 1.66. The first-order valence-electron chi connectivity index (χ1n) is 6.37. The molecule has 0 amide bonds. The van der Waals surface area contributed by atoms with Crippen molar-refractivity contribution < 1.29 is 21.7 Å². The molecule has 0 heterocycles. The molecular weight excluding hydrogens is 288 g/mol. The van der Waals surface area contributed by atoms with Gasteiger partial charge >= 0.3 is 105 Å². The molecule has 0 bridgehead atoms. The molecule has 0 atom stereocenters. The molecule has 1 aromatic carbocycles. The summed E-state index contributed by atoms with van der Waals surface area (Å²) in [6.07, 6.45) is 7.90. The molecule has 0 aliphatic carbocycles. The van der Waals surface area contributed by atoms with Crippen LogP contribution < -0.4 is 25.4 Å². The third-order valence-corrected chi connectivity index (χ3v) is 3.16. The van der Waals surface area contributed by atoms with Gasteiger partial charge in [0.1, 0.15) is 0 Å². The van der Waals surface area contributed by atoms with E-state index < -0.39 is 0 Å². The molecule has 92 valence electrons. The first kappa shape index (κ1) is 17.3. The summed E-state index contributed by atoms with van der Waals surface area (Å²) in [4.78, 5) is 0. The van der Waals surface area contributed by atoms with Gasteiger partial charge in [-0.2, -0.15) is 0 Å². The summed E-state index contributed by atoms with van der Waals surface area (Å²) < 4.78 is 6.98. The monoisotopic (exact) mass is 308 g/mol. The van der Waals surface area contributed by atoms with E-state index >= 15 is 0 Å². The first-order chi connectivity index (χ1) is 7.83. The van der Waals surface area contributed by atoms with Crippen molar-refractivity contribution in [3.8, 4) is 5.75 Å². The molecule has 0 spiro atoms. The SMILES string of the molecule is CCCCCCCCOc1cc[c]([Mg+])cc1.[Br-]. The summed E-state index contributed by atoms with van der Waals surface area (Å²) in [5.41, 5.74) is 0. The van der Waals surface area contributed by atoms with Crippen molar-refractivity contribution in [3.05, 3.63) is 24.3 Å². The van der Waals surface area contributed by atoms with Crippen LogP contribution in [0.3, 0.4) is 0 Å². The molecular formula is C14H21BrMgO. The van der Waals surface area contributed by atoms with Crippen molar-refractivity contribution in [1.29, 1.82) is 0 Å². The van der Waals surface area contributed by atoms with Gasteiger partial charge in [0.05, 0.1) is 0 Å². The fraction of sp³-hybridized carbons (Fsp3) is 0.571. The van der Waals surface area contributed by atoms with Gasteiger partial charge in [-0.25, -0.2) is 0 Å². The molecule has 0 saturated heterocycles. The summed E-state index contributed by atoms with van der Waals surface area (Å²) in [6.45, 7) is 3.11. The molecule has 0 N–H and O–H groups in total. The van der Waals surface area contributed by atoms with E-state index in [-0.39, 0.29) is 17.0 Å². The Morgan fingerprint density at radius 1 is 0.941 bits per heavy atom. The number of unbranched alkanes of at least 4 members (excludes halogenated alkanes) is 5. The molecule has 0 fully saturated rings. The van der Waals surface area contributed by atoms with E-state index in [9.17, 15) is 0 Å². The van der Waals surface area contributed by atoms with Crippen LogP contribution in [0, 0.1) is 0 Å². The van der Waals surface area contributed by atoms with E-state index in [1.807, 2.05) is 21.7 Å². The summed E-state index contributed by atoms with van der Waals surface area (Å²) in [5.74, 6) is 1.00. The predicted octanol–water partition coefficient (Wildman–Crippen LogP) is 0.224. The third-order valence-electron chi connectivity index (χ3n) is 2.69. The number of halogens is 1. The minimum atomic E-state index is 0. The molecule has 0 aliphatic rings. The number of rotatable bonds is 8. The Balaban J connectivity index is 0.00000256. The van der Waals surface area contributed by atoms with Gasteiger partial charge in [0.2, 0.25) is 0 Å². The van der Waals surface area contributed by atoms with Gasteiger partial charge in [0, 0.05) is 0 Å². The molecule has 3 heteroatoms. The fourth-order valence-corrected chi connectivity index (χ4v) is 1.89. The van der Waals surface area contributed by atoms with Gasteiger partial charge in [-0.3, -0.25) is 0 Å². The average molecular weight is 310 g/mol. The van der Waals surface area contributed by atoms with Gasteiger partial charge in [0.25, 0.3) is 0 Å². The van der Waals surface area contributed by atoms with Crippen molar-refractivity contribution in [2.75, 3.05) is 6.61 Å². The van der Waals surface area contributed by atoms with Gasteiger partial charge in [-0.05, 0) is 0 Å². The van der Waals surface area contributed by atoms with E-state index in [1.54, 1.807) is 0 Å². The quantitative estimate of drug-likeness (QED) is 0.493. The number of hydrogen-bond acceptors (Lipinski definition) is 1. The maximum absolute atomic E-state index is 5.67. The van der Waals surface area contributed by atoms with Gasteiger partial charge in [0.15, 0.2) is 0 Å². The molecule has 1 nitrogen and oxygen atoms in total. The summed E-state index contributed by atoms with van der Waals surface area (Å²) in [7, 11) is 0. The summed E-state index contributed by atoms with van der Waals surface area (Å²) >= 11 is 1.90. The Labute approximate surface area is 129 Å². The molecule has 0 aliphatic heterocycles. The summed E-state index contributed by atoms with van der Waals surface area (Å²) in [6, 6.07) is 8.32. The number of hydrogen-bond donors (Lipinski definition) is 0. The van der Waals surface area contributed by atoms with E-state index in [4.69, 9.17) is 4.74 Å². The molecule has 0 saturated carbocycles. The standard InChI is InChI=1S/C14H21O.BrH.Mg/c1-2-3-4-5-6-10-13-15-14-11-8-7-9-12-14;;/h8-9,11-12H,2-6,10,13H2,1H3;1H;/q;;+1/p-1. The van der Waals surface area contributed by atoms with E-state index in [1.165, 1.54) is 42.2 Å². The molecule has 0 unspecified atom stereocenters. The second kappa shape index (κ2) is 11.4. The molecule has 1 aromatic rings. The van der Waals surface area contributed by atoms with E-state index in [2.05, 4.69) is 31.2 Å². The van der Waals surface area contributed by atoms with Crippen molar-refractivity contribution in [3.63, 3.8) is 0 Å². The number of benzene rings is 1. The van der Waals surface area contributed by atoms with Crippen LogP contribution in [0.15, 0.2) is 24.3 Å². The summed E-state index contributed by atoms with van der Waals surface area (Å²) in [5, 5.41) is 0. The number of ether oxygens (including phenoxy) is 1. The van der Waals surface area contributed by atoms with Crippen LogP contribution >= 0.6 is 0 Å². The zero-order chi connectivity index (χ0) is 11.6. The normalized spacial score (nSPS) is 9.82.